The minimum atomic E-state index is -3.61. The van der Waals surface area contributed by atoms with Crippen molar-refractivity contribution in [3.8, 4) is 0 Å². The van der Waals surface area contributed by atoms with Crippen LogP contribution in [0.2, 0.25) is 0 Å². The molecule has 1 saturated heterocycles. The Bertz CT molecular complexity index is 950. The average Bonchev–Trinajstić information content (AvgIpc) is 2.62. The number of piperazine rings is 1. The number of carbonyl (C=O) groups is 1. The molecular formula is C16H16BrN3O4S. The van der Waals surface area contributed by atoms with E-state index in [1.165, 1.54) is 21.5 Å². The van der Waals surface area contributed by atoms with E-state index in [1.807, 2.05) is 0 Å². The van der Waals surface area contributed by atoms with E-state index in [0.717, 1.165) is 0 Å². The fourth-order valence-electron chi connectivity index (χ4n) is 2.67. The molecule has 25 heavy (non-hydrogen) atoms. The van der Waals surface area contributed by atoms with Crippen molar-refractivity contribution in [3.63, 3.8) is 0 Å². The number of H-pyrrole nitrogens is 1. The molecule has 1 amide bonds. The summed E-state index contributed by atoms with van der Waals surface area (Å²) in [5, 5.41) is 0. The molecule has 2 aromatic rings. The Balaban J connectivity index is 1.73. The van der Waals surface area contributed by atoms with Gasteiger partial charge in [-0.1, -0.05) is 22.0 Å². The van der Waals surface area contributed by atoms with Crippen LogP contribution in [0, 0.1) is 0 Å². The number of aromatic nitrogens is 1. The molecule has 132 valence electrons. The first-order valence-electron chi connectivity index (χ1n) is 7.62. The summed E-state index contributed by atoms with van der Waals surface area (Å²) in [6, 6.07) is 9.57. The molecule has 0 saturated carbocycles. The second-order valence-corrected chi connectivity index (χ2v) is 8.42. The fraction of sp³-hybridized carbons (Fsp3) is 0.250. The molecule has 0 unspecified atom stereocenters. The molecule has 0 atom stereocenters. The number of hydrogen-bond acceptors (Lipinski definition) is 4. The highest BCUT2D eigenvalue weighted by Gasteiger charge is 2.31. The van der Waals surface area contributed by atoms with Crippen molar-refractivity contribution < 1.29 is 13.2 Å². The smallest absolute Gasteiger partial charge is 0.260 e. The normalized spacial score (nSPS) is 16.0. The number of pyridine rings is 1. The molecule has 1 aliphatic rings. The Morgan fingerprint density at radius 3 is 2.44 bits per heavy atom. The van der Waals surface area contributed by atoms with Crippen LogP contribution in [-0.2, 0) is 10.0 Å². The summed E-state index contributed by atoms with van der Waals surface area (Å²) in [7, 11) is -3.61. The fourth-order valence-corrected chi connectivity index (χ4v) is 4.69. The number of nitrogens with one attached hydrogen (secondary N) is 1. The summed E-state index contributed by atoms with van der Waals surface area (Å²) in [6.07, 6.45) is 1.46. The van der Waals surface area contributed by atoms with Crippen molar-refractivity contribution in [2.24, 2.45) is 0 Å². The summed E-state index contributed by atoms with van der Waals surface area (Å²) in [6.45, 7) is 0.845. The van der Waals surface area contributed by atoms with Crippen LogP contribution in [0.5, 0.6) is 0 Å². The molecule has 1 aromatic carbocycles. The third-order valence-corrected chi connectivity index (χ3v) is 6.40. The molecule has 2 heterocycles. The molecule has 1 fully saturated rings. The summed E-state index contributed by atoms with van der Waals surface area (Å²) >= 11 is 3.27. The topological polar surface area (TPSA) is 90.6 Å². The zero-order chi connectivity index (χ0) is 18.0. The van der Waals surface area contributed by atoms with Crippen LogP contribution in [0.25, 0.3) is 0 Å². The largest absolute Gasteiger partial charge is 0.336 e. The van der Waals surface area contributed by atoms with Crippen LogP contribution < -0.4 is 5.56 Å². The van der Waals surface area contributed by atoms with E-state index >= 15 is 0 Å². The number of hydrogen-bond donors (Lipinski definition) is 1. The van der Waals surface area contributed by atoms with E-state index in [1.54, 1.807) is 30.3 Å². The van der Waals surface area contributed by atoms with Crippen molar-refractivity contribution in [3.05, 3.63) is 63.0 Å². The molecule has 1 aliphatic heterocycles. The van der Waals surface area contributed by atoms with Crippen LogP contribution >= 0.6 is 15.9 Å². The Labute approximate surface area is 153 Å². The van der Waals surface area contributed by atoms with E-state index in [0.29, 0.717) is 4.47 Å². The number of aromatic amines is 1. The van der Waals surface area contributed by atoms with E-state index in [-0.39, 0.29) is 42.5 Å². The van der Waals surface area contributed by atoms with E-state index < -0.39 is 15.6 Å². The Hall–Kier alpha value is -1.97. The summed E-state index contributed by atoms with van der Waals surface area (Å²) in [5.41, 5.74) is -0.387. The molecule has 0 bridgehead atoms. The van der Waals surface area contributed by atoms with Gasteiger partial charge < -0.3 is 9.88 Å². The highest BCUT2D eigenvalue weighted by molar-refractivity contribution is 9.10. The Morgan fingerprint density at radius 2 is 1.80 bits per heavy atom. The molecule has 0 aliphatic carbocycles. The number of carbonyl (C=O) groups excluding carboxylic acids is 1. The van der Waals surface area contributed by atoms with E-state index in [2.05, 4.69) is 20.9 Å². The predicted octanol–water partition coefficient (Wildman–Crippen LogP) is 1.28. The van der Waals surface area contributed by atoms with Gasteiger partial charge in [-0.2, -0.15) is 4.31 Å². The number of benzene rings is 1. The maximum Gasteiger partial charge on any atom is 0.260 e. The van der Waals surface area contributed by atoms with Crippen molar-refractivity contribution in [1.82, 2.24) is 14.2 Å². The van der Waals surface area contributed by atoms with Crippen molar-refractivity contribution in [2.45, 2.75) is 4.90 Å². The lowest BCUT2D eigenvalue weighted by Gasteiger charge is -2.33. The summed E-state index contributed by atoms with van der Waals surface area (Å²) in [4.78, 5) is 28.3. The predicted molar refractivity (Wildman–Crippen MR) is 95.9 cm³/mol. The highest BCUT2D eigenvalue weighted by atomic mass is 79.9. The number of amides is 1. The van der Waals surface area contributed by atoms with Crippen molar-refractivity contribution in [1.29, 1.82) is 0 Å². The highest BCUT2D eigenvalue weighted by Crippen LogP contribution is 2.21. The standard InChI is InChI=1S/C16H16BrN3O4S/c17-12-3-1-4-13(11-12)25(23,24)20-9-7-19(8-10-20)16(22)14-5-2-6-18-15(14)21/h1-6,11H,7-10H2,(H,18,21). The van der Waals surface area contributed by atoms with E-state index in [9.17, 15) is 18.0 Å². The minimum Gasteiger partial charge on any atom is -0.336 e. The maximum atomic E-state index is 12.7. The number of rotatable bonds is 3. The van der Waals surface area contributed by atoms with Crippen molar-refractivity contribution >= 4 is 31.9 Å². The molecule has 0 radical (unpaired) electrons. The summed E-state index contributed by atoms with van der Waals surface area (Å²) < 4.78 is 27.4. The van der Waals surface area contributed by atoms with Gasteiger partial charge in [0, 0.05) is 36.8 Å². The molecule has 7 nitrogen and oxygen atoms in total. The second-order valence-electron chi connectivity index (χ2n) is 5.57. The SMILES string of the molecule is O=C(c1ccc[nH]c1=O)N1CCN(S(=O)(=O)c2cccc(Br)c2)CC1. The van der Waals surface area contributed by atoms with Crippen LogP contribution in [0.1, 0.15) is 10.4 Å². The van der Waals surface area contributed by atoms with Crippen LogP contribution in [0.3, 0.4) is 0 Å². The van der Waals surface area contributed by atoms with Gasteiger partial charge in [-0.15, -0.1) is 0 Å². The maximum absolute atomic E-state index is 12.7. The molecule has 9 heteroatoms. The summed E-state index contributed by atoms with van der Waals surface area (Å²) in [5.74, 6) is -0.388. The quantitative estimate of drug-likeness (QED) is 0.801. The van der Waals surface area contributed by atoms with Crippen LogP contribution in [-0.4, -0.2) is 54.7 Å². The average molecular weight is 426 g/mol. The zero-order valence-corrected chi connectivity index (χ0v) is 15.6. The Kier molecular flexibility index (Phi) is 5.07. The van der Waals surface area contributed by atoms with Crippen LogP contribution in [0.15, 0.2) is 56.8 Å². The third kappa shape index (κ3) is 3.68. The molecule has 3 rings (SSSR count). The molecule has 0 spiro atoms. The van der Waals surface area contributed by atoms with E-state index in [4.69, 9.17) is 0 Å². The lowest BCUT2D eigenvalue weighted by atomic mass is 10.2. The van der Waals surface area contributed by atoms with Gasteiger partial charge in [-0.3, -0.25) is 9.59 Å². The zero-order valence-electron chi connectivity index (χ0n) is 13.2. The van der Waals surface area contributed by atoms with Gasteiger partial charge in [0.15, 0.2) is 0 Å². The number of nitrogens with zero attached hydrogens (tertiary/aromatic N) is 2. The number of sulfonamides is 1. The van der Waals surface area contributed by atoms with Crippen molar-refractivity contribution in [2.75, 3.05) is 26.2 Å². The van der Waals surface area contributed by atoms with Gasteiger partial charge in [0.1, 0.15) is 5.56 Å². The second kappa shape index (κ2) is 7.11. The van der Waals surface area contributed by atoms with Gasteiger partial charge in [0.05, 0.1) is 4.90 Å². The molecular weight excluding hydrogens is 410 g/mol. The van der Waals surface area contributed by atoms with Gasteiger partial charge >= 0.3 is 0 Å². The van der Waals surface area contributed by atoms with Gasteiger partial charge in [0.2, 0.25) is 10.0 Å². The lowest BCUT2D eigenvalue weighted by molar-refractivity contribution is 0.0696. The van der Waals surface area contributed by atoms with Gasteiger partial charge in [-0.05, 0) is 30.3 Å². The van der Waals surface area contributed by atoms with Gasteiger partial charge in [0.25, 0.3) is 11.5 Å². The third-order valence-electron chi connectivity index (χ3n) is 4.01. The monoisotopic (exact) mass is 425 g/mol. The molecule has 1 N–H and O–H groups in total. The minimum absolute atomic E-state index is 0.0609. The van der Waals surface area contributed by atoms with Crippen LogP contribution in [0.4, 0.5) is 0 Å². The first-order valence-corrected chi connectivity index (χ1v) is 9.85. The first kappa shape index (κ1) is 17.8. The number of halogens is 1. The first-order chi connectivity index (χ1) is 11.9. The lowest BCUT2D eigenvalue weighted by Crippen LogP contribution is -2.51. The van der Waals surface area contributed by atoms with Gasteiger partial charge in [-0.25, -0.2) is 8.42 Å². The molecule has 1 aromatic heterocycles. The Morgan fingerprint density at radius 1 is 1.08 bits per heavy atom.